The van der Waals surface area contributed by atoms with Crippen molar-refractivity contribution in [2.45, 2.75) is 69.1 Å². The highest BCUT2D eigenvalue weighted by Crippen LogP contribution is 2.32. The maximum absolute atomic E-state index is 12.9. The molecule has 0 spiro atoms. The van der Waals surface area contributed by atoms with E-state index in [2.05, 4.69) is 0 Å². The van der Waals surface area contributed by atoms with Crippen LogP contribution in [0.25, 0.3) is 0 Å². The molecule has 0 heterocycles. The summed E-state index contributed by atoms with van der Waals surface area (Å²) in [5.74, 6) is -1.17. The molecule has 7 atom stereocenters. The van der Waals surface area contributed by atoms with Gasteiger partial charge in [0.25, 0.3) is 0 Å². The van der Waals surface area contributed by atoms with Crippen LogP contribution in [0.3, 0.4) is 0 Å². The Bertz CT molecular complexity index is 980. The van der Waals surface area contributed by atoms with Crippen LogP contribution in [0.4, 0.5) is 26.3 Å². The number of hydrogen-bond donors (Lipinski definition) is 6. The maximum atomic E-state index is 12.9. The Kier molecular flexibility index (Phi) is 11.1. The lowest BCUT2D eigenvalue weighted by molar-refractivity contribution is -0.149. The van der Waals surface area contributed by atoms with Gasteiger partial charge in [-0.25, -0.2) is 0 Å². The fourth-order valence-electron chi connectivity index (χ4n) is 4.33. The van der Waals surface area contributed by atoms with Crippen molar-refractivity contribution in [3.63, 3.8) is 0 Å². The van der Waals surface area contributed by atoms with E-state index in [4.69, 9.17) is 5.11 Å². The number of hydrogen-bond acceptors (Lipinski definition) is 6. The molecule has 6 nitrogen and oxygen atoms in total. The smallest absolute Gasteiger partial charge is 0.394 e. The van der Waals surface area contributed by atoms with E-state index < -0.39 is 66.5 Å². The van der Waals surface area contributed by atoms with Gasteiger partial charge in [-0.2, -0.15) is 26.3 Å². The van der Waals surface area contributed by atoms with Crippen molar-refractivity contribution in [1.29, 1.82) is 0 Å². The van der Waals surface area contributed by atoms with Crippen LogP contribution >= 0.6 is 0 Å². The SMILES string of the molecule is CC(Cc1ccc(C(F)(F)F)cc1)CC(Cc1ccc(C(F)(F)F)cc1)C(O)[C@@H](O)[C@@H](O)[C@H](O)[C@@H](O)CO. The molecule has 2 rings (SSSR count). The fraction of sp³-hybridized carbons (Fsp3) is 0.538. The number of aliphatic hydroxyl groups excluding tert-OH is 6. The van der Waals surface area contributed by atoms with Gasteiger partial charge in [0.15, 0.2) is 0 Å². The quantitative estimate of drug-likeness (QED) is 0.225. The Labute approximate surface area is 215 Å². The van der Waals surface area contributed by atoms with Gasteiger partial charge < -0.3 is 30.6 Å². The summed E-state index contributed by atoms with van der Waals surface area (Å²) in [5, 5.41) is 60.0. The van der Waals surface area contributed by atoms with Crippen molar-refractivity contribution in [3.05, 3.63) is 70.8 Å². The van der Waals surface area contributed by atoms with Crippen LogP contribution in [-0.2, 0) is 25.2 Å². The number of aliphatic hydroxyl groups is 6. The summed E-state index contributed by atoms with van der Waals surface area (Å²) < 4.78 is 77.2. The van der Waals surface area contributed by atoms with Gasteiger partial charge in [0.1, 0.15) is 24.4 Å². The molecule has 2 aromatic rings. The average Bonchev–Trinajstić information content (AvgIpc) is 2.85. The average molecular weight is 555 g/mol. The molecule has 12 heteroatoms. The zero-order valence-electron chi connectivity index (χ0n) is 20.4. The van der Waals surface area contributed by atoms with E-state index in [0.29, 0.717) is 11.1 Å². The van der Waals surface area contributed by atoms with Gasteiger partial charge in [-0.05, 0) is 66.5 Å². The largest absolute Gasteiger partial charge is 0.416 e. The zero-order chi connectivity index (χ0) is 28.8. The summed E-state index contributed by atoms with van der Waals surface area (Å²) in [6.07, 6.45) is -18.3. The molecule has 0 bridgehead atoms. The molecule has 38 heavy (non-hydrogen) atoms. The monoisotopic (exact) mass is 554 g/mol. The van der Waals surface area contributed by atoms with Crippen LogP contribution in [0, 0.1) is 11.8 Å². The molecular formula is C26H32F6O6. The van der Waals surface area contributed by atoms with E-state index in [9.17, 15) is 51.9 Å². The van der Waals surface area contributed by atoms with Crippen molar-refractivity contribution in [1.82, 2.24) is 0 Å². The summed E-state index contributed by atoms with van der Waals surface area (Å²) in [7, 11) is 0. The second kappa shape index (κ2) is 13.2. The van der Waals surface area contributed by atoms with E-state index in [-0.39, 0.29) is 25.2 Å². The lowest BCUT2D eigenvalue weighted by Crippen LogP contribution is -2.52. The maximum Gasteiger partial charge on any atom is 0.416 e. The molecule has 214 valence electrons. The van der Waals surface area contributed by atoms with E-state index in [1.807, 2.05) is 0 Å². The predicted molar refractivity (Wildman–Crippen MR) is 125 cm³/mol. The van der Waals surface area contributed by atoms with Crippen LogP contribution in [0.1, 0.15) is 35.6 Å². The van der Waals surface area contributed by atoms with Crippen LogP contribution in [0.5, 0.6) is 0 Å². The van der Waals surface area contributed by atoms with E-state index in [1.165, 1.54) is 24.3 Å². The lowest BCUT2D eigenvalue weighted by Gasteiger charge is -2.34. The van der Waals surface area contributed by atoms with Crippen LogP contribution in [-0.4, -0.2) is 67.8 Å². The minimum absolute atomic E-state index is 0.0426. The van der Waals surface area contributed by atoms with Gasteiger partial charge >= 0.3 is 12.4 Å². The standard InChI is InChI=1S/C26H32F6O6/c1-14(10-15-2-6-18(7-3-15)25(27,28)29)11-17(12-16-4-8-19(9-5-16)26(30,31)32)21(35)23(37)24(38)22(36)20(34)13-33/h2-9,14,17,20-24,33-38H,10-13H2,1H3/t14?,17?,20-,21?,22+,23+,24-/m0/s1. The van der Waals surface area contributed by atoms with Crippen LogP contribution in [0.15, 0.2) is 48.5 Å². The van der Waals surface area contributed by atoms with Gasteiger partial charge in [0, 0.05) is 0 Å². The number of halogens is 6. The summed E-state index contributed by atoms with van der Waals surface area (Å²) >= 11 is 0. The molecular weight excluding hydrogens is 522 g/mol. The summed E-state index contributed by atoms with van der Waals surface area (Å²) in [4.78, 5) is 0. The van der Waals surface area contributed by atoms with Gasteiger partial charge in [0.05, 0.1) is 23.8 Å². The topological polar surface area (TPSA) is 121 Å². The van der Waals surface area contributed by atoms with E-state index in [1.54, 1.807) is 6.92 Å². The summed E-state index contributed by atoms with van der Waals surface area (Å²) in [5.41, 5.74) is -0.757. The lowest BCUT2D eigenvalue weighted by atomic mass is 9.80. The van der Waals surface area contributed by atoms with Crippen molar-refractivity contribution in [3.8, 4) is 0 Å². The Balaban J connectivity index is 2.23. The first-order valence-corrected chi connectivity index (χ1v) is 11.9. The molecule has 0 aromatic heterocycles. The Hall–Kier alpha value is -2.22. The van der Waals surface area contributed by atoms with Gasteiger partial charge in [-0.1, -0.05) is 31.2 Å². The molecule has 0 saturated heterocycles. The third-order valence-corrected chi connectivity index (χ3v) is 6.46. The Morgan fingerprint density at radius 3 is 1.39 bits per heavy atom. The minimum Gasteiger partial charge on any atom is -0.394 e. The fourth-order valence-corrected chi connectivity index (χ4v) is 4.33. The molecule has 0 saturated carbocycles. The van der Waals surface area contributed by atoms with Crippen LogP contribution < -0.4 is 0 Å². The highest BCUT2D eigenvalue weighted by Gasteiger charge is 2.38. The molecule has 0 fully saturated rings. The highest BCUT2D eigenvalue weighted by molar-refractivity contribution is 5.26. The Morgan fingerprint density at radius 2 is 1.00 bits per heavy atom. The first kappa shape index (κ1) is 32.0. The molecule has 0 radical (unpaired) electrons. The van der Waals surface area contributed by atoms with Gasteiger partial charge in [-0.15, -0.1) is 0 Å². The third kappa shape index (κ3) is 8.92. The van der Waals surface area contributed by atoms with Crippen molar-refractivity contribution in [2.75, 3.05) is 6.61 Å². The molecule has 0 aliphatic carbocycles. The number of rotatable bonds is 12. The first-order chi connectivity index (χ1) is 17.5. The number of benzene rings is 2. The minimum atomic E-state index is -4.56. The van der Waals surface area contributed by atoms with Crippen molar-refractivity contribution in [2.24, 2.45) is 11.8 Å². The van der Waals surface area contributed by atoms with E-state index >= 15 is 0 Å². The van der Waals surface area contributed by atoms with Crippen LogP contribution in [0.2, 0.25) is 0 Å². The van der Waals surface area contributed by atoms with Crippen molar-refractivity contribution < 1.29 is 57.0 Å². The molecule has 0 amide bonds. The molecule has 6 N–H and O–H groups in total. The molecule has 2 aromatic carbocycles. The van der Waals surface area contributed by atoms with Crippen molar-refractivity contribution >= 4 is 0 Å². The predicted octanol–water partition coefficient (Wildman–Crippen LogP) is 2.95. The third-order valence-electron chi connectivity index (χ3n) is 6.46. The second-order valence-electron chi connectivity index (χ2n) is 9.61. The van der Waals surface area contributed by atoms with Gasteiger partial charge in [-0.3, -0.25) is 0 Å². The Morgan fingerprint density at radius 1 is 0.605 bits per heavy atom. The highest BCUT2D eigenvalue weighted by atomic mass is 19.4. The summed E-state index contributed by atoms with van der Waals surface area (Å²) in [6.45, 7) is 0.803. The molecule has 3 unspecified atom stereocenters. The summed E-state index contributed by atoms with van der Waals surface area (Å²) in [6, 6.07) is 8.62. The first-order valence-electron chi connectivity index (χ1n) is 11.9. The normalized spacial score (nSPS) is 18.3. The van der Waals surface area contributed by atoms with E-state index in [0.717, 1.165) is 24.3 Å². The molecule has 0 aliphatic rings. The number of alkyl halides is 6. The second-order valence-corrected chi connectivity index (χ2v) is 9.61. The zero-order valence-corrected chi connectivity index (χ0v) is 20.4. The van der Waals surface area contributed by atoms with Gasteiger partial charge in [0.2, 0.25) is 0 Å². The molecule has 0 aliphatic heterocycles.